The van der Waals surface area contributed by atoms with Gasteiger partial charge in [0, 0.05) is 0 Å². The maximum absolute atomic E-state index is 8.83. The molecule has 0 saturated heterocycles. The molecule has 0 aliphatic rings. The van der Waals surface area contributed by atoms with Crippen LogP contribution in [0.1, 0.15) is 27.2 Å². The Kier molecular flexibility index (Phi) is 4.81. The molecule has 1 nitrogen and oxygen atoms in total. The van der Waals surface area contributed by atoms with Gasteiger partial charge in [-0.25, -0.2) is 0 Å². The van der Waals surface area contributed by atoms with Crippen LogP contribution in [-0.4, -0.2) is 10.7 Å². The van der Waals surface area contributed by atoms with E-state index in [2.05, 4.69) is 0 Å². The van der Waals surface area contributed by atoms with Gasteiger partial charge in [-0.3, -0.25) is 0 Å². The molecule has 1 N–H and O–H groups in total. The molecule has 0 spiro atoms. The number of rotatable bonds is 1. The van der Waals surface area contributed by atoms with E-state index in [9.17, 15) is 0 Å². The summed E-state index contributed by atoms with van der Waals surface area (Å²) < 4.78 is 0. The SMILES string of the molecule is CCC(C)(C)O.Cl. The summed E-state index contributed by atoms with van der Waals surface area (Å²) in [4.78, 5) is 0. The first-order valence-electron chi connectivity index (χ1n) is 2.28. The molecule has 0 aromatic rings. The van der Waals surface area contributed by atoms with Gasteiger partial charge in [0.15, 0.2) is 0 Å². The van der Waals surface area contributed by atoms with E-state index >= 15 is 0 Å². The number of halogens is 1. The van der Waals surface area contributed by atoms with Crippen LogP contribution in [0.15, 0.2) is 0 Å². The van der Waals surface area contributed by atoms with E-state index in [4.69, 9.17) is 5.11 Å². The highest BCUT2D eigenvalue weighted by Crippen LogP contribution is 2.03. The van der Waals surface area contributed by atoms with Gasteiger partial charge >= 0.3 is 0 Å². The Hall–Kier alpha value is 0.250. The van der Waals surface area contributed by atoms with E-state index in [1.807, 2.05) is 6.92 Å². The zero-order valence-electron chi connectivity index (χ0n) is 5.06. The van der Waals surface area contributed by atoms with Gasteiger partial charge < -0.3 is 5.11 Å². The van der Waals surface area contributed by atoms with Crippen LogP contribution in [0, 0.1) is 0 Å². The standard InChI is InChI=1S/C5H12O.ClH/c1-4-5(2,3)6;/h6H,4H2,1-3H3;1H. The molecule has 7 heavy (non-hydrogen) atoms. The van der Waals surface area contributed by atoms with Crippen molar-refractivity contribution in [1.29, 1.82) is 0 Å². The summed E-state index contributed by atoms with van der Waals surface area (Å²) in [5.74, 6) is 0. The van der Waals surface area contributed by atoms with Crippen molar-refractivity contribution in [3.63, 3.8) is 0 Å². The van der Waals surface area contributed by atoms with Crippen molar-refractivity contribution in [2.75, 3.05) is 0 Å². The third-order valence-electron chi connectivity index (χ3n) is 0.865. The van der Waals surface area contributed by atoms with E-state index in [0.29, 0.717) is 0 Å². The van der Waals surface area contributed by atoms with E-state index in [1.165, 1.54) is 0 Å². The lowest BCUT2D eigenvalue weighted by Crippen LogP contribution is -2.15. The van der Waals surface area contributed by atoms with Crippen LogP contribution < -0.4 is 0 Å². The third kappa shape index (κ3) is 10.7. The highest BCUT2D eigenvalue weighted by molar-refractivity contribution is 5.85. The first-order chi connectivity index (χ1) is 2.56. The van der Waals surface area contributed by atoms with Crippen molar-refractivity contribution in [3.8, 4) is 0 Å². The monoisotopic (exact) mass is 124 g/mol. The fourth-order valence-electron chi connectivity index (χ4n) is 0. The van der Waals surface area contributed by atoms with Crippen LogP contribution in [-0.2, 0) is 0 Å². The van der Waals surface area contributed by atoms with Crippen molar-refractivity contribution >= 4 is 12.4 Å². The summed E-state index contributed by atoms with van der Waals surface area (Å²) in [5, 5.41) is 8.83. The molecule has 0 bridgehead atoms. The normalized spacial score (nSPS) is 10.3. The third-order valence-corrected chi connectivity index (χ3v) is 0.865. The van der Waals surface area contributed by atoms with Crippen LogP contribution >= 0.6 is 12.4 Å². The van der Waals surface area contributed by atoms with Crippen LogP contribution in [0.4, 0.5) is 0 Å². The largest absolute Gasteiger partial charge is 0.390 e. The first kappa shape index (κ1) is 10.3. The zero-order chi connectivity index (χ0) is 5.21. The summed E-state index contributed by atoms with van der Waals surface area (Å²) in [6, 6.07) is 0. The molecule has 0 radical (unpaired) electrons. The van der Waals surface area contributed by atoms with E-state index < -0.39 is 5.60 Å². The highest BCUT2D eigenvalue weighted by atomic mass is 35.5. The Morgan fingerprint density at radius 3 is 1.57 bits per heavy atom. The molecular formula is C5H13ClO. The minimum atomic E-state index is -0.458. The predicted molar refractivity (Wildman–Crippen MR) is 33.8 cm³/mol. The Labute approximate surface area is 51.1 Å². The number of hydrogen-bond acceptors (Lipinski definition) is 1. The second kappa shape index (κ2) is 3.28. The smallest absolute Gasteiger partial charge is 0.0589 e. The van der Waals surface area contributed by atoms with Gasteiger partial charge in [-0.15, -0.1) is 12.4 Å². The summed E-state index contributed by atoms with van der Waals surface area (Å²) >= 11 is 0. The Balaban J connectivity index is 0. The van der Waals surface area contributed by atoms with E-state index in [0.717, 1.165) is 6.42 Å². The fraction of sp³-hybridized carbons (Fsp3) is 1.00. The lowest BCUT2D eigenvalue weighted by Gasteiger charge is -2.11. The summed E-state index contributed by atoms with van der Waals surface area (Å²) in [5.41, 5.74) is -0.458. The Morgan fingerprint density at radius 1 is 1.43 bits per heavy atom. The van der Waals surface area contributed by atoms with Gasteiger partial charge in [-0.2, -0.15) is 0 Å². The van der Waals surface area contributed by atoms with Crippen LogP contribution in [0.25, 0.3) is 0 Å². The van der Waals surface area contributed by atoms with Gasteiger partial charge in [0.1, 0.15) is 0 Å². The molecular weight excluding hydrogens is 112 g/mol. The lowest BCUT2D eigenvalue weighted by atomic mass is 10.1. The topological polar surface area (TPSA) is 20.2 Å². The van der Waals surface area contributed by atoms with Gasteiger partial charge in [0.2, 0.25) is 0 Å². The Morgan fingerprint density at radius 2 is 1.57 bits per heavy atom. The molecule has 0 rings (SSSR count). The summed E-state index contributed by atoms with van der Waals surface area (Å²) in [6.07, 6.45) is 0.826. The molecule has 0 aliphatic carbocycles. The average Bonchev–Trinajstić information content (AvgIpc) is 1.35. The van der Waals surface area contributed by atoms with Gasteiger partial charge in [-0.1, -0.05) is 6.92 Å². The average molecular weight is 125 g/mol. The van der Waals surface area contributed by atoms with Gasteiger partial charge in [0.25, 0.3) is 0 Å². The fourth-order valence-corrected chi connectivity index (χ4v) is 0. The van der Waals surface area contributed by atoms with Crippen molar-refractivity contribution in [3.05, 3.63) is 0 Å². The molecule has 0 unspecified atom stereocenters. The van der Waals surface area contributed by atoms with Crippen molar-refractivity contribution in [2.24, 2.45) is 0 Å². The van der Waals surface area contributed by atoms with E-state index in [-0.39, 0.29) is 12.4 Å². The molecule has 0 aromatic carbocycles. The van der Waals surface area contributed by atoms with Gasteiger partial charge in [-0.05, 0) is 20.3 Å². The maximum atomic E-state index is 8.83. The van der Waals surface area contributed by atoms with E-state index in [1.54, 1.807) is 13.8 Å². The summed E-state index contributed by atoms with van der Waals surface area (Å²) in [6.45, 7) is 5.56. The second-order valence-corrected chi connectivity index (χ2v) is 2.17. The number of aliphatic hydroxyl groups is 1. The molecule has 0 atom stereocenters. The molecule has 2 heteroatoms. The highest BCUT2D eigenvalue weighted by Gasteiger charge is 2.05. The lowest BCUT2D eigenvalue weighted by molar-refractivity contribution is 0.0765. The van der Waals surface area contributed by atoms with Crippen LogP contribution in [0.2, 0.25) is 0 Å². The minimum absolute atomic E-state index is 0. The minimum Gasteiger partial charge on any atom is -0.390 e. The first-order valence-corrected chi connectivity index (χ1v) is 2.28. The van der Waals surface area contributed by atoms with Crippen molar-refractivity contribution in [2.45, 2.75) is 32.8 Å². The quantitative estimate of drug-likeness (QED) is 0.563. The van der Waals surface area contributed by atoms with Crippen LogP contribution in [0.5, 0.6) is 0 Å². The number of hydrogen-bond donors (Lipinski definition) is 1. The summed E-state index contributed by atoms with van der Waals surface area (Å²) in [7, 11) is 0. The van der Waals surface area contributed by atoms with Crippen LogP contribution in [0.3, 0.4) is 0 Å². The van der Waals surface area contributed by atoms with Gasteiger partial charge in [0.05, 0.1) is 5.60 Å². The molecule has 0 aromatic heterocycles. The predicted octanol–water partition coefficient (Wildman–Crippen LogP) is 1.59. The Bertz CT molecular complexity index is 37.8. The molecule has 0 heterocycles. The zero-order valence-corrected chi connectivity index (χ0v) is 5.88. The molecule has 46 valence electrons. The molecule has 0 saturated carbocycles. The molecule has 0 amide bonds. The van der Waals surface area contributed by atoms with Crippen molar-refractivity contribution in [1.82, 2.24) is 0 Å². The maximum Gasteiger partial charge on any atom is 0.0589 e. The van der Waals surface area contributed by atoms with Crippen molar-refractivity contribution < 1.29 is 5.11 Å². The second-order valence-electron chi connectivity index (χ2n) is 2.17. The molecule has 0 aliphatic heterocycles. The molecule has 0 fully saturated rings.